The van der Waals surface area contributed by atoms with E-state index < -0.39 is 0 Å². The van der Waals surface area contributed by atoms with Crippen LogP contribution in [-0.2, 0) is 0 Å². The number of fused-ring (bicyclic) bond motifs is 9. The van der Waals surface area contributed by atoms with Crippen molar-refractivity contribution in [3.63, 3.8) is 0 Å². The van der Waals surface area contributed by atoms with Crippen molar-refractivity contribution in [2.45, 2.75) is 0 Å². The molecule has 0 radical (unpaired) electrons. The second-order valence-electron chi connectivity index (χ2n) is 13.2. The Balaban J connectivity index is 1.03. The summed E-state index contributed by atoms with van der Waals surface area (Å²) in [7, 11) is 0. The molecule has 0 saturated heterocycles. The Morgan fingerprint density at radius 1 is 0.240 bits per heavy atom. The third kappa shape index (κ3) is 4.03. The molecule has 0 unspecified atom stereocenters. The van der Waals surface area contributed by atoms with Crippen LogP contribution in [0.1, 0.15) is 0 Å². The molecule has 11 aromatic rings. The summed E-state index contributed by atoms with van der Waals surface area (Å²) in [6, 6.07) is 61.0. The maximum Gasteiger partial charge on any atom is 0.136 e. The van der Waals surface area contributed by atoms with Crippen molar-refractivity contribution in [1.29, 1.82) is 0 Å². The predicted octanol–water partition coefficient (Wildman–Crippen LogP) is 13.9. The van der Waals surface area contributed by atoms with Crippen molar-refractivity contribution in [3.05, 3.63) is 170 Å². The minimum absolute atomic E-state index is 0.877. The van der Waals surface area contributed by atoms with Gasteiger partial charge in [0.05, 0.1) is 0 Å². The first kappa shape index (κ1) is 27.3. The summed E-state index contributed by atoms with van der Waals surface area (Å²) in [5.74, 6) is 0. The van der Waals surface area contributed by atoms with Crippen molar-refractivity contribution in [1.82, 2.24) is 0 Å². The van der Waals surface area contributed by atoms with Gasteiger partial charge in [0.2, 0.25) is 0 Å². The fourth-order valence-electron chi connectivity index (χ4n) is 8.10. The van der Waals surface area contributed by atoms with Crippen LogP contribution in [0, 0.1) is 0 Å². The second kappa shape index (κ2) is 10.4. The highest BCUT2D eigenvalue weighted by Crippen LogP contribution is 2.44. The molecule has 0 amide bonds. The van der Waals surface area contributed by atoms with E-state index in [0.717, 1.165) is 49.3 Å². The fourth-order valence-corrected chi connectivity index (χ4v) is 8.10. The maximum atomic E-state index is 6.41. The predicted molar refractivity (Wildman–Crippen MR) is 210 cm³/mol. The first-order valence-corrected chi connectivity index (χ1v) is 17.1. The van der Waals surface area contributed by atoms with Crippen LogP contribution in [0.4, 0.5) is 0 Å². The molecule has 0 spiro atoms. The molecule has 0 bridgehead atoms. The summed E-state index contributed by atoms with van der Waals surface area (Å²) >= 11 is 0. The van der Waals surface area contributed by atoms with Crippen molar-refractivity contribution in [2.75, 3.05) is 0 Å². The molecule has 2 aromatic heterocycles. The molecule has 2 heteroatoms. The number of rotatable bonds is 3. The molecule has 232 valence electrons. The minimum Gasteiger partial charge on any atom is -0.456 e. The molecule has 2 nitrogen and oxygen atoms in total. The topological polar surface area (TPSA) is 26.3 Å². The summed E-state index contributed by atoms with van der Waals surface area (Å²) in [5.41, 5.74) is 10.9. The van der Waals surface area contributed by atoms with Crippen LogP contribution >= 0.6 is 0 Å². The van der Waals surface area contributed by atoms with E-state index in [1.807, 2.05) is 18.2 Å². The molecule has 0 aliphatic heterocycles. The SMILES string of the molecule is c1ccc(-c2c3ccccc3c(-c3ccc(-c4ccc5cc6oc7cc8c(cc7c6cc5c4)oc4ccccc48)cc3)c3ccccc23)cc1. The number of furan rings is 2. The van der Waals surface area contributed by atoms with Gasteiger partial charge in [-0.1, -0.05) is 133 Å². The number of benzene rings is 9. The Morgan fingerprint density at radius 2 is 0.700 bits per heavy atom. The number of para-hydroxylation sites is 1. The lowest BCUT2D eigenvalue weighted by Gasteiger charge is -2.18. The Bertz CT molecular complexity index is 3070. The Hall–Kier alpha value is -6.64. The van der Waals surface area contributed by atoms with Crippen molar-refractivity contribution in [3.8, 4) is 33.4 Å². The summed E-state index contributed by atoms with van der Waals surface area (Å²) in [6.45, 7) is 0. The molecule has 50 heavy (non-hydrogen) atoms. The van der Waals surface area contributed by atoms with Crippen LogP contribution in [0.5, 0.6) is 0 Å². The van der Waals surface area contributed by atoms with Gasteiger partial charge in [0, 0.05) is 21.5 Å². The summed E-state index contributed by atoms with van der Waals surface area (Å²) in [5, 5.41) is 11.8. The van der Waals surface area contributed by atoms with Crippen LogP contribution in [0.3, 0.4) is 0 Å². The van der Waals surface area contributed by atoms with Crippen LogP contribution in [0.15, 0.2) is 179 Å². The Kier molecular flexibility index (Phi) is 5.70. The summed E-state index contributed by atoms with van der Waals surface area (Å²) in [6.07, 6.45) is 0. The van der Waals surface area contributed by atoms with Gasteiger partial charge in [-0.2, -0.15) is 0 Å². The standard InChI is InChI=1S/C48H28O2/c1-2-10-30(11-3-1)47-36-13-4-6-15-38(36)48(39-16-7-5-14-37(39)47)31-20-18-29(19-21-31)32-22-23-33-26-44-40(25-34(33)24-32)42-28-45-41(27-46(42)50-44)35-12-8-9-17-43(35)49-45/h1-28H. The molecule has 0 saturated carbocycles. The molecule has 0 fully saturated rings. The zero-order valence-electron chi connectivity index (χ0n) is 27.0. The molecule has 0 N–H and O–H groups in total. The van der Waals surface area contributed by atoms with Gasteiger partial charge in [0.1, 0.15) is 22.3 Å². The van der Waals surface area contributed by atoms with Gasteiger partial charge in [0.15, 0.2) is 0 Å². The van der Waals surface area contributed by atoms with Crippen molar-refractivity contribution in [2.24, 2.45) is 0 Å². The summed E-state index contributed by atoms with van der Waals surface area (Å²) in [4.78, 5) is 0. The smallest absolute Gasteiger partial charge is 0.136 e. The molecule has 0 aliphatic carbocycles. The zero-order valence-corrected chi connectivity index (χ0v) is 27.0. The fraction of sp³-hybridized carbons (Fsp3) is 0. The van der Waals surface area contributed by atoms with Gasteiger partial charge in [-0.15, -0.1) is 0 Å². The highest BCUT2D eigenvalue weighted by atomic mass is 16.3. The molecule has 2 heterocycles. The molecule has 9 aromatic carbocycles. The lowest BCUT2D eigenvalue weighted by molar-refractivity contribution is 0.664. The van der Waals surface area contributed by atoms with E-state index in [4.69, 9.17) is 8.83 Å². The van der Waals surface area contributed by atoms with Gasteiger partial charge in [-0.3, -0.25) is 0 Å². The van der Waals surface area contributed by atoms with Crippen LogP contribution in [-0.4, -0.2) is 0 Å². The van der Waals surface area contributed by atoms with E-state index in [2.05, 4.69) is 152 Å². The molecular weight excluding hydrogens is 609 g/mol. The first-order valence-electron chi connectivity index (χ1n) is 17.1. The number of hydrogen-bond donors (Lipinski definition) is 0. The van der Waals surface area contributed by atoms with Gasteiger partial charge < -0.3 is 8.83 Å². The van der Waals surface area contributed by atoms with Gasteiger partial charge >= 0.3 is 0 Å². The lowest BCUT2D eigenvalue weighted by atomic mass is 9.85. The number of hydrogen-bond acceptors (Lipinski definition) is 2. The van der Waals surface area contributed by atoms with Gasteiger partial charge in [0.25, 0.3) is 0 Å². The third-order valence-corrected chi connectivity index (χ3v) is 10.4. The van der Waals surface area contributed by atoms with Gasteiger partial charge in [-0.25, -0.2) is 0 Å². The Morgan fingerprint density at radius 3 is 1.36 bits per heavy atom. The highest BCUT2D eigenvalue weighted by molar-refractivity contribution is 6.21. The molecule has 11 rings (SSSR count). The maximum absolute atomic E-state index is 6.41. The molecule has 0 atom stereocenters. The minimum atomic E-state index is 0.877. The largest absolute Gasteiger partial charge is 0.456 e. The van der Waals surface area contributed by atoms with Crippen molar-refractivity contribution >= 4 is 76.2 Å². The second-order valence-corrected chi connectivity index (χ2v) is 13.2. The van der Waals surface area contributed by atoms with Crippen LogP contribution in [0.2, 0.25) is 0 Å². The normalized spacial score (nSPS) is 12.0. The van der Waals surface area contributed by atoms with E-state index >= 15 is 0 Å². The molecule has 0 aliphatic rings. The summed E-state index contributed by atoms with van der Waals surface area (Å²) < 4.78 is 12.6. The zero-order chi connectivity index (χ0) is 32.8. The van der Waals surface area contributed by atoms with Crippen molar-refractivity contribution < 1.29 is 8.83 Å². The quantitative estimate of drug-likeness (QED) is 0.180. The first-order chi connectivity index (χ1) is 24.8. The average Bonchev–Trinajstić information content (AvgIpc) is 3.71. The highest BCUT2D eigenvalue weighted by Gasteiger charge is 2.17. The lowest BCUT2D eigenvalue weighted by Crippen LogP contribution is -1.90. The van der Waals surface area contributed by atoms with Crippen LogP contribution in [0.25, 0.3) is 110 Å². The Labute approximate surface area is 287 Å². The van der Waals surface area contributed by atoms with E-state index in [-0.39, 0.29) is 0 Å². The van der Waals surface area contributed by atoms with E-state index in [1.165, 1.54) is 60.3 Å². The average molecular weight is 637 g/mol. The molecular formula is C48H28O2. The van der Waals surface area contributed by atoms with E-state index in [0.29, 0.717) is 0 Å². The monoisotopic (exact) mass is 636 g/mol. The third-order valence-electron chi connectivity index (χ3n) is 10.4. The van der Waals surface area contributed by atoms with E-state index in [9.17, 15) is 0 Å². The van der Waals surface area contributed by atoms with E-state index in [1.54, 1.807) is 0 Å². The van der Waals surface area contributed by atoms with Gasteiger partial charge in [-0.05, 0) is 102 Å². The van der Waals surface area contributed by atoms with Crippen LogP contribution < -0.4 is 0 Å².